The van der Waals surface area contributed by atoms with E-state index in [1.54, 1.807) is 14.0 Å². The van der Waals surface area contributed by atoms with Crippen LogP contribution in [0.25, 0.3) is 0 Å². The van der Waals surface area contributed by atoms with E-state index in [9.17, 15) is 9.90 Å². The van der Waals surface area contributed by atoms with Gasteiger partial charge in [-0.3, -0.25) is 9.69 Å². The predicted molar refractivity (Wildman–Crippen MR) is 77.5 cm³/mol. The number of rotatable bonds is 10. The number of carboxylic acids is 1. The maximum Gasteiger partial charge on any atom is 0.323 e. The van der Waals surface area contributed by atoms with Crippen LogP contribution in [-0.2, 0) is 9.53 Å². The number of nitrogens with one attached hydrogen (secondary N) is 1. The van der Waals surface area contributed by atoms with E-state index < -0.39 is 11.5 Å². The fraction of sp³-hybridized carbons (Fsp3) is 0.929. The van der Waals surface area contributed by atoms with Gasteiger partial charge < -0.3 is 15.2 Å². The van der Waals surface area contributed by atoms with Gasteiger partial charge in [0, 0.05) is 19.2 Å². The Morgan fingerprint density at radius 1 is 1.42 bits per heavy atom. The average molecular weight is 274 g/mol. The highest BCUT2D eigenvalue weighted by atomic mass is 16.5. The second kappa shape index (κ2) is 8.51. The molecule has 0 saturated carbocycles. The Morgan fingerprint density at radius 3 is 2.42 bits per heavy atom. The van der Waals surface area contributed by atoms with Gasteiger partial charge in [-0.2, -0.15) is 0 Å². The molecule has 19 heavy (non-hydrogen) atoms. The second-order valence-corrected chi connectivity index (χ2v) is 5.59. The molecule has 5 heteroatoms. The van der Waals surface area contributed by atoms with Crippen molar-refractivity contribution in [3.8, 4) is 0 Å². The minimum atomic E-state index is -0.878. The molecule has 0 fully saturated rings. The highest BCUT2D eigenvalue weighted by Gasteiger charge is 2.35. The Morgan fingerprint density at radius 2 is 2.00 bits per heavy atom. The van der Waals surface area contributed by atoms with Crippen LogP contribution in [0.5, 0.6) is 0 Å². The number of hydrogen-bond donors (Lipinski definition) is 2. The highest BCUT2D eigenvalue weighted by Crippen LogP contribution is 2.18. The van der Waals surface area contributed by atoms with E-state index in [4.69, 9.17) is 4.74 Å². The number of aliphatic carboxylic acids is 1. The van der Waals surface area contributed by atoms with Crippen LogP contribution in [0.1, 0.15) is 40.5 Å². The van der Waals surface area contributed by atoms with Gasteiger partial charge >= 0.3 is 5.97 Å². The molecular weight excluding hydrogens is 244 g/mol. The molecule has 0 saturated heterocycles. The van der Waals surface area contributed by atoms with Gasteiger partial charge in [-0.25, -0.2) is 0 Å². The van der Waals surface area contributed by atoms with Crippen molar-refractivity contribution in [2.45, 2.75) is 58.2 Å². The molecule has 0 aliphatic rings. The first-order valence-corrected chi connectivity index (χ1v) is 6.97. The van der Waals surface area contributed by atoms with E-state index in [1.165, 1.54) is 0 Å². The monoisotopic (exact) mass is 274 g/mol. The summed E-state index contributed by atoms with van der Waals surface area (Å²) in [5, 5.41) is 12.6. The number of likely N-dealkylation sites (N-methyl/N-ethyl adjacent to an activating group) is 1. The van der Waals surface area contributed by atoms with E-state index >= 15 is 0 Å². The summed E-state index contributed by atoms with van der Waals surface area (Å²) in [4.78, 5) is 13.6. The molecule has 3 atom stereocenters. The Hall–Kier alpha value is -0.650. The zero-order chi connectivity index (χ0) is 15.1. The Labute approximate surface area is 117 Å². The molecular formula is C14H30N2O3. The summed E-state index contributed by atoms with van der Waals surface area (Å²) in [6.45, 7) is 9.29. The summed E-state index contributed by atoms with van der Waals surface area (Å²) in [5.74, 6) is -0.791. The molecule has 0 aromatic carbocycles. The Balaban J connectivity index is 4.62. The van der Waals surface area contributed by atoms with E-state index in [-0.39, 0.29) is 12.1 Å². The Kier molecular flexibility index (Phi) is 8.22. The van der Waals surface area contributed by atoms with Crippen LogP contribution in [0.4, 0.5) is 0 Å². The zero-order valence-electron chi connectivity index (χ0n) is 13.2. The number of methoxy groups -OCH3 is 1. The lowest BCUT2D eigenvalue weighted by Gasteiger charge is -2.36. The largest absolute Gasteiger partial charge is 0.480 e. The maximum absolute atomic E-state index is 11.5. The zero-order valence-corrected chi connectivity index (χ0v) is 13.2. The van der Waals surface area contributed by atoms with Gasteiger partial charge in [0.2, 0.25) is 0 Å². The molecule has 5 nitrogen and oxygen atoms in total. The molecule has 3 unspecified atom stereocenters. The highest BCUT2D eigenvalue weighted by molar-refractivity contribution is 5.78. The van der Waals surface area contributed by atoms with Gasteiger partial charge in [0.15, 0.2) is 0 Å². The van der Waals surface area contributed by atoms with Crippen molar-refractivity contribution in [3.63, 3.8) is 0 Å². The van der Waals surface area contributed by atoms with Crippen molar-refractivity contribution in [2.75, 3.05) is 27.3 Å². The van der Waals surface area contributed by atoms with Crippen LogP contribution < -0.4 is 5.32 Å². The first-order chi connectivity index (χ1) is 8.78. The molecule has 0 radical (unpaired) electrons. The normalized spacial score (nSPS) is 18.1. The summed E-state index contributed by atoms with van der Waals surface area (Å²) in [7, 11) is 3.69. The molecule has 2 N–H and O–H groups in total. The van der Waals surface area contributed by atoms with E-state index in [1.807, 2.05) is 14.0 Å². The summed E-state index contributed by atoms with van der Waals surface area (Å²) >= 11 is 0. The van der Waals surface area contributed by atoms with E-state index in [0.29, 0.717) is 19.6 Å². The number of carboxylic acid groups (broad SMARTS) is 1. The van der Waals surface area contributed by atoms with Crippen molar-refractivity contribution >= 4 is 5.97 Å². The van der Waals surface area contributed by atoms with Crippen LogP contribution >= 0.6 is 0 Å². The van der Waals surface area contributed by atoms with Crippen molar-refractivity contribution in [1.29, 1.82) is 0 Å². The number of nitrogens with zero attached hydrogens (tertiary/aromatic N) is 1. The molecule has 0 bridgehead atoms. The average Bonchev–Trinajstić information content (AvgIpc) is 2.35. The van der Waals surface area contributed by atoms with Gasteiger partial charge in [0.25, 0.3) is 0 Å². The molecule has 0 spiro atoms. The van der Waals surface area contributed by atoms with E-state index in [0.717, 1.165) is 6.42 Å². The van der Waals surface area contributed by atoms with Crippen molar-refractivity contribution in [3.05, 3.63) is 0 Å². The molecule has 0 aromatic heterocycles. The molecule has 0 heterocycles. The van der Waals surface area contributed by atoms with Crippen LogP contribution in [0.3, 0.4) is 0 Å². The van der Waals surface area contributed by atoms with Gasteiger partial charge in [-0.1, -0.05) is 6.92 Å². The van der Waals surface area contributed by atoms with Gasteiger partial charge in [-0.05, 0) is 47.2 Å². The molecule has 0 rings (SSSR count). The number of carbonyl (C=O) groups is 1. The molecule has 0 aliphatic carbocycles. The standard InChI is InChI=1S/C14H30N2O3/c1-7-8-15-14(4,13(17)18)9-11(2)16(5)12(3)10-19-6/h11-12,15H,7-10H2,1-6H3,(H,17,18). The molecule has 0 amide bonds. The molecule has 0 aliphatic heterocycles. The molecule has 114 valence electrons. The van der Waals surface area contributed by atoms with Crippen LogP contribution in [0.2, 0.25) is 0 Å². The number of ether oxygens (including phenoxy) is 1. The van der Waals surface area contributed by atoms with Gasteiger partial charge in [0.05, 0.1) is 6.61 Å². The first kappa shape index (κ1) is 18.4. The predicted octanol–water partition coefficient (Wildman–Crippen LogP) is 1.57. The van der Waals surface area contributed by atoms with Crippen molar-refractivity contribution in [1.82, 2.24) is 10.2 Å². The third kappa shape index (κ3) is 5.89. The van der Waals surface area contributed by atoms with E-state index in [2.05, 4.69) is 24.1 Å². The SMILES string of the molecule is CCCNC(C)(CC(C)N(C)C(C)COC)C(=O)O. The van der Waals surface area contributed by atoms with Gasteiger partial charge in [-0.15, -0.1) is 0 Å². The van der Waals surface area contributed by atoms with Crippen molar-refractivity contribution < 1.29 is 14.6 Å². The molecule has 0 aromatic rings. The minimum Gasteiger partial charge on any atom is -0.480 e. The summed E-state index contributed by atoms with van der Waals surface area (Å²) in [6.07, 6.45) is 1.49. The lowest BCUT2D eigenvalue weighted by Crippen LogP contribution is -2.54. The van der Waals surface area contributed by atoms with Gasteiger partial charge in [0.1, 0.15) is 5.54 Å². The summed E-state index contributed by atoms with van der Waals surface area (Å²) in [6, 6.07) is 0.430. The Bertz CT molecular complexity index is 273. The van der Waals surface area contributed by atoms with Crippen LogP contribution in [-0.4, -0.2) is 60.9 Å². The summed E-state index contributed by atoms with van der Waals surface area (Å²) in [5.41, 5.74) is -0.878. The lowest BCUT2D eigenvalue weighted by molar-refractivity contribution is -0.145. The fourth-order valence-electron chi connectivity index (χ4n) is 2.16. The smallest absolute Gasteiger partial charge is 0.323 e. The van der Waals surface area contributed by atoms with Crippen molar-refractivity contribution in [2.24, 2.45) is 0 Å². The quantitative estimate of drug-likeness (QED) is 0.633. The maximum atomic E-state index is 11.5. The number of hydrogen-bond acceptors (Lipinski definition) is 4. The summed E-state index contributed by atoms with van der Waals surface area (Å²) < 4.78 is 5.14. The topological polar surface area (TPSA) is 61.8 Å². The van der Waals surface area contributed by atoms with Crippen LogP contribution in [0.15, 0.2) is 0 Å². The second-order valence-electron chi connectivity index (χ2n) is 5.59. The minimum absolute atomic E-state index is 0.163. The third-order valence-electron chi connectivity index (χ3n) is 3.74. The van der Waals surface area contributed by atoms with Crippen LogP contribution in [0, 0.1) is 0 Å². The fourth-order valence-corrected chi connectivity index (χ4v) is 2.16. The lowest BCUT2D eigenvalue weighted by atomic mass is 9.92. The third-order valence-corrected chi connectivity index (χ3v) is 3.74. The first-order valence-electron chi connectivity index (χ1n) is 6.97.